The van der Waals surface area contributed by atoms with Crippen LogP contribution in [0.2, 0.25) is 0 Å². The average Bonchev–Trinajstić information content (AvgIpc) is 3.37. The summed E-state index contributed by atoms with van der Waals surface area (Å²) in [7, 11) is 2.08. The van der Waals surface area contributed by atoms with Crippen LogP contribution in [0.25, 0.3) is 0 Å². The number of nitrogens with zero attached hydrogens (tertiary/aromatic N) is 1. The first-order chi connectivity index (χ1) is 35.2. The fourth-order valence-electron chi connectivity index (χ4n) is 8.92. The standard InChI is InChI=1S/C59H113NO12/c1-7-11-14-17-20-27-34-54(33-26-16-13-9-3)72-57(62)36-29-21-18-23-30-41-67-51-55(69-42-31-24-19-22-28-35-56(61)71-53(10-4)32-25-15-12-8-2)52-68-48-47-65-44-43-64-45-46-66-49-50-70-58(63)59(5)37-39-60(6)40-38-59/h53-55H,7-52H2,1-6H3. The Balaban J connectivity index is 2.31. The molecule has 13 heteroatoms. The first kappa shape index (κ1) is 68.1. The van der Waals surface area contributed by atoms with E-state index in [-0.39, 0.29) is 42.8 Å². The summed E-state index contributed by atoms with van der Waals surface area (Å²) in [6.07, 6.45) is 33.7. The zero-order valence-corrected chi connectivity index (χ0v) is 47.6. The molecular weight excluding hydrogens is 915 g/mol. The molecule has 1 aliphatic rings. The highest BCUT2D eigenvalue weighted by Gasteiger charge is 2.37. The van der Waals surface area contributed by atoms with Crippen molar-refractivity contribution in [3.05, 3.63) is 0 Å². The second-order valence-electron chi connectivity index (χ2n) is 20.9. The van der Waals surface area contributed by atoms with Gasteiger partial charge in [-0.2, -0.15) is 0 Å². The molecule has 0 aromatic rings. The summed E-state index contributed by atoms with van der Waals surface area (Å²) in [6, 6.07) is 0. The fourth-order valence-corrected chi connectivity index (χ4v) is 8.92. The number of rotatable bonds is 54. The van der Waals surface area contributed by atoms with Crippen molar-refractivity contribution in [2.24, 2.45) is 5.41 Å². The SMILES string of the molecule is CCCCCCCCC(CCCCCC)OC(=O)CCCCCCCOCC(COCCOCCOCCOCCOC(=O)C1(C)CCN(C)CC1)OCCCCCCCC(=O)OC(CC)CCCCCC. The van der Waals surface area contributed by atoms with E-state index in [1.807, 2.05) is 6.92 Å². The smallest absolute Gasteiger partial charge is 0.311 e. The van der Waals surface area contributed by atoms with Gasteiger partial charge in [-0.3, -0.25) is 14.4 Å². The molecule has 3 unspecified atom stereocenters. The zero-order chi connectivity index (χ0) is 52.4. The Morgan fingerprint density at radius 1 is 0.431 bits per heavy atom. The van der Waals surface area contributed by atoms with Crippen molar-refractivity contribution in [1.82, 2.24) is 4.90 Å². The molecule has 426 valence electrons. The average molecular weight is 1030 g/mol. The van der Waals surface area contributed by atoms with Gasteiger partial charge in [-0.15, -0.1) is 0 Å². The summed E-state index contributed by atoms with van der Waals surface area (Å²) in [4.78, 5) is 40.0. The molecule has 1 saturated heterocycles. The summed E-state index contributed by atoms with van der Waals surface area (Å²) in [5, 5.41) is 0. The van der Waals surface area contributed by atoms with Crippen molar-refractivity contribution in [2.75, 3.05) is 99.4 Å². The maximum absolute atomic E-state index is 12.8. The molecule has 1 rings (SSSR count). The molecule has 1 aliphatic heterocycles. The Bertz CT molecular complexity index is 1220. The Hall–Kier alpha value is -1.87. The summed E-state index contributed by atoms with van der Waals surface area (Å²) in [6.45, 7) is 18.1. The minimum absolute atomic E-state index is 0.0205. The highest BCUT2D eigenvalue weighted by atomic mass is 16.6. The van der Waals surface area contributed by atoms with Gasteiger partial charge in [0.05, 0.1) is 64.9 Å². The van der Waals surface area contributed by atoms with Crippen LogP contribution in [0.3, 0.4) is 0 Å². The van der Waals surface area contributed by atoms with Crippen LogP contribution in [0.15, 0.2) is 0 Å². The Labute approximate surface area is 441 Å². The minimum Gasteiger partial charge on any atom is -0.463 e. The predicted molar refractivity (Wildman–Crippen MR) is 291 cm³/mol. The number of hydrogen-bond donors (Lipinski definition) is 0. The van der Waals surface area contributed by atoms with Gasteiger partial charge < -0.3 is 47.5 Å². The lowest BCUT2D eigenvalue weighted by Gasteiger charge is -2.35. The van der Waals surface area contributed by atoms with Crippen LogP contribution in [0, 0.1) is 5.41 Å². The molecule has 0 amide bonds. The molecule has 3 atom stereocenters. The summed E-state index contributed by atoms with van der Waals surface area (Å²) < 4.78 is 52.5. The van der Waals surface area contributed by atoms with Crippen molar-refractivity contribution in [3.8, 4) is 0 Å². The first-order valence-electron chi connectivity index (χ1n) is 29.9. The van der Waals surface area contributed by atoms with Crippen LogP contribution in [-0.2, 0) is 57.0 Å². The third-order valence-electron chi connectivity index (χ3n) is 14.0. The van der Waals surface area contributed by atoms with Gasteiger partial charge in [0.2, 0.25) is 0 Å². The number of ether oxygens (including phenoxy) is 9. The second-order valence-corrected chi connectivity index (χ2v) is 20.9. The monoisotopic (exact) mass is 1030 g/mol. The van der Waals surface area contributed by atoms with Crippen LogP contribution in [-0.4, -0.2) is 141 Å². The van der Waals surface area contributed by atoms with Gasteiger partial charge in [0.15, 0.2) is 0 Å². The maximum atomic E-state index is 12.8. The summed E-state index contributed by atoms with van der Waals surface area (Å²) >= 11 is 0. The number of piperidine rings is 1. The van der Waals surface area contributed by atoms with Crippen LogP contribution >= 0.6 is 0 Å². The molecule has 0 spiro atoms. The normalized spacial score (nSPS) is 15.1. The van der Waals surface area contributed by atoms with Crippen molar-refractivity contribution in [3.63, 3.8) is 0 Å². The van der Waals surface area contributed by atoms with Crippen LogP contribution < -0.4 is 0 Å². The van der Waals surface area contributed by atoms with Crippen molar-refractivity contribution >= 4 is 17.9 Å². The molecule has 0 bridgehead atoms. The van der Waals surface area contributed by atoms with Crippen LogP contribution in [0.5, 0.6) is 0 Å². The number of likely N-dealkylation sites (tertiary alicyclic amines) is 1. The van der Waals surface area contributed by atoms with Crippen molar-refractivity contribution in [2.45, 2.75) is 258 Å². The number of unbranched alkanes of at least 4 members (excludes halogenated alkanes) is 19. The third-order valence-corrected chi connectivity index (χ3v) is 14.0. The molecule has 1 fully saturated rings. The van der Waals surface area contributed by atoms with Gasteiger partial charge >= 0.3 is 17.9 Å². The fraction of sp³-hybridized carbons (Fsp3) is 0.949. The predicted octanol–water partition coefficient (Wildman–Crippen LogP) is 13.3. The lowest BCUT2D eigenvalue weighted by molar-refractivity contribution is -0.159. The molecule has 0 aliphatic carbocycles. The summed E-state index contributed by atoms with van der Waals surface area (Å²) in [5.41, 5.74) is -0.398. The van der Waals surface area contributed by atoms with E-state index in [2.05, 4.69) is 39.6 Å². The second kappa shape index (κ2) is 50.0. The molecule has 1 heterocycles. The van der Waals surface area contributed by atoms with Gasteiger partial charge in [0, 0.05) is 26.1 Å². The first-order valence-corrected chi connectivity index (χ1v) is 29.9. The van der Waals surface area contributed by atoms with Crippen LogP contribution in [0.4, 0.5) is 0 Å². The van der Waals surface area contributed by atoms with E-state index in [1.54, 1.807) is 0 Å². The largest absolute Gasteiger partial charge is 0.463 e. The molecule has 0 radical (unpaired) electrons. The number of hydrogen-bond acceptors (Lipinski definition) is 13. The van der Waals surface area contributed by atoms with E-state index < -0.39 is 5.41 Å². The van der Waals surface area contributed by atoms with Gasteiger partial charge in [-0.05, 0) is 111 Å². The Kier molecular flexibility index (Phi) is 47.3. The lowest BCUT2D eigenvalue weighted by atomic mass is 9.80. The van der Waals surface area contributed by atoms with E-state index in [1.165, 1.54) is 70.6 Å². The van der Waals surface area contributed by atoms with Crippen molar-refractivity contribution < 1.29 is 57.0 Å². The van der Waals surface area contributed by atoms with E-state index in [4.69, 9.17) is 42.6 Å². The maximum Gasteiger partial charge on any atom is 0.311 e. The zero-order valence-electron chi connectivity index (χ0n) is 47.6. The van der Waals surface area contributed by atoms with E-state index >= 15 is 0 Å². The molecular formula is C59H113NO12. The lowest BCUT2D eigenvalue weighted by Crippen LogP contribution is -2.42. The Morgan fingerprint density at radius 2 is 0.819 bits per heavy atom. The van der Waals surface area contributed by atoms with Gasteiger partial charge in [0.1, 0.15) is 24.9 Å². The molecule has 72 heavy (non-hydrogen) atoms. The highest BCUT2D eigenvalue weighted by molar-refractivity contribution is 5.76. The third kappa shape index (κ3) is 41.4. The number of esters is 3. The molecule has 0 saturated carbocycles. The van der Waals surface area contributed by atoms with E-state index in [0.717, 1.165) is 135 Å². The van der Waals surface area contributed by atoms with Crippen molar-refractivity contribution in [1.29, 1.82) is 0 Å². The molecule has 0 aromatic carbocycles. The van der Waals surface area contributed by atoms with Crippen LogP contribution in [0.1, 0.15) is 240 Å². The van der Waals surface area contributed by atoms with Gasteiger partial charge in [-0.25, -0.2) is 0 Å². The highest BCUT2D eigenvalue weighted by Crippen LogP contribution is 2.31. The number of carbonyl (C=O) groups is 3. The topological polar surface area (TPSA) is 138 Å². The molecule has 0 N–H and O–H groups in total. The molecule has 0 aromatic heterocycles. The Morgan fingerprint density at radius 3 is 1.33 bits per heavy atom. The minimum atomic E-state index is -0.398. The summed E-state index contributed by atoms with van der Waals surface area (Å²) in [5.74, 6) is -0.203. The molecule has 13 nitrogen and oxygen atoms in total. The van der Waals surface area contributed by atoms with Gasteiger partial charge in [-0.1, -0.05) is 137 Å². The number of carbonyl (C=O) groups excluding carboxylic acids is 3. The van der Waals surface area contributed by atoms with E-state index in [9.17, 15) is 14.4 Å². The quantitative estimate of drug-likeness (QED) is 0.0325. The van der Waals surface area contributed by atoms with E-state index in [0.29, 0.717) is 85.5 Å². The van der Waals surface area contributed by atoms with Gasteiger partial charge in [0.25, 0.3) is 0 Å².